The molecule has 9 aromatic carbocycles. The topological polar surface area (TPSA) is 33.5 Å². The fourth-order valence-electron chi connectivity index (χ4n) is 10.5. The molecular weight excluding hydrogens is 1010 g/mol. The molecule has 1 aliphatic heterocycles. The van der Waals surface area contributed by atoms with E-state index >= 15 is 0 Å². The van der Waals surface area contributed by atoms with Gasteiger partial charge in [0.15, 0.2) is 0 Å². The second-order valence-corrected chi connectivity index (χ2v) is 17.3. The van der Waals surface area contributed by atoms with Gasteiger partial charge in [-0.15, -0.1) is 48.1 Å². The Morgan fingerprint density at radius 2 is 1.07 bits per heavy atom. The Morgan fingerprint density at radius 1 is 0.500 bits per heavy atom. The minimum absolute atomic E-state index is 0. The van der Waals surface area contributed by atoms with E-state index in [9.17, 15) is 0 Å². The van der Waals surface area contributed by atoms with Crippen molar-refractivity contribution in [3.63, 3.8) is 0 Å². The Labute approximate surface area is 410 Å². The summed E-state index contributed by atoms with van der Waals surface area (Å²) in [6.07, 6.45) is 1.94. The molecule has 2 aliphatic rings. The standard InChI is InChI=1S/C62H41N4O.Pt/c1-62(54-29-11-8-24-50(54)51-25-9-12-30-55(51)62)44-36-37-63-60(38-44)66-56-31-13-10-26-52(56)53-35-34-47(40-59(53)66)67-46-23-16-22-45(39-46)64-41-65(58-33-15-14-32-57(58)64)61-48(42-18-4-2-5-19-42)27-17-28-49(61)43-20-6-3-7-21-43;/h2-38,41H,1H3;/q-3;. The van der Waals surface area contributed by atoms with Gasteiger partial charge in [-0.1, -0.05) is 163 Å². The van der Waals surface area contributed by atoms with Crippen LogP contribution < -0.4 is 14.5 Å². The summed E-state index contributed by atoms with van der Waals surface area (Å²) in [6.45, 7) is 4.52. The van der Waals surface area contributed by atoms with Crippen molar-refractivity contribution in [2.24, 2.45) is 0 Å². The number of rotatable bonds is 8. The average molecular weight is 1050 g/mol. The van der Waals surface area contributed by atoms with Crippen LogP contribution in [-0.4, -0.2) is 9.55 Å². The number of hydrogen-bond donors (Lipinski definition) is 0. The summed E-state index contributed by atoms with van der Waals surface area (Å²) in [6, 6.07) is 84.3. The first kappa shape index (κ1) is 41.4. The van der Waals surface area contributed by atoms with Crippen LogP contribution in [0, 0.1) is 18.8 Å². The van der Waals surface area contributed by atoms with E-state index in [-0.39, 0.29) is 26.5 Å². The molecule has 68 heavy (non-hydrogen) atoms. The molecule has 0 radical (unpaired) electrons. The van der Waals surface area contributed by atoms with Gasteiger partial charge in [0.25, 0.3) is 0 Å². The van der Waals surface area contributed by atoms with Crippen molar-refractivity contribution in [1.29, 1.82) is 0 Å². The Bertz CT molecular complexity index is 3590. The van der Waals surface area contributed by atoms with Crippen LogP contribution in [-0.2, 0) is 26.5 Å². The number of para-hydroxylation sites is 4. The number of anilines is 4. The summed E-state index contributed by atoms with van der Waals surface area (Å²) < 4.78 is 8.95. The Hall–Kier alpha value is -7.98. The molecule has 0 saturated carbocycles. The zero-order valence-electron chi connectivity index (χ0n) is 37.0. The molecule has 2 aromatic heterocycles. The molecule has 0 amide bonds. The minimum atomic E-state index is -0.359. The molecule has 6 heteroatoms. The maximum absolute atomic E-state index is 6.73. The van der Waals surface area contributed by atoms with Gasteiger partial charge in [0.05, 0.1) is 0 Å². The van der Waals surface area contributed by atoms with Crippen molar-refractivity contribution < 1.29 is 25.8 Å². The van der Waals surface area contributed by atoms with Crippen LogP contribution in [0.3, 0.4) is 0 Å². The number of nitrogens with zero attached hydrogens (tertiary/aromatic N) is 4. The summed E-state index contributed by atoms with van der Waals surface area (Å²) in [4.78, 5) is 9.55. The van der Waals surface area contributed by atoms with Crippen LogP contribution in [0.1, 0.15) is 23.6 Å². The summed E-state index contributed by atoms with van der Waals surface area (Å²) >= 11 is 0. The van der Waals surface area contributed by atoms with Crippen LogP contribution in [0.15, 0.2) is 225 Å². The van der Waals surface area contributed by atoms with Crippen molar-refractivity contribution in [1.82, 2.24) is 9.55 Å². The summed E-state index contributed by atoms with van der Waals surface area (Å²) in [5.74, 6) is 2.00. The Morgan fingerprint density at radius 3 is 1.78 bits per heavy atom. The molecule has 328 valence electrons. The van der Waals surface area contributed by atoms with Gasteiger partial charge >= 0.3 is 0 Å². The summed E-state index contributed by atoms with van der Waals surface area (Å²) in [5.41, 5.74) is 16.6. The number of aromatic nitrogens is 2. The molecule has 13 rings (SSSR count). The van der Waals surface area contributed by atoms with Crippen LogP contribution in [0.2, 0.25) is 0 Å². The van der Waals surface area contributed by atoms with Crippen molar-refractivity contribution in [3.05, 3.63) is 260 Å². The van der Waals surface area contributed by atoms with Gasteiger partial charge in [-0.25, -0.2) is 4.98 Å². The maximum atomic E-state index is 6.73. The molecule has 0 atom stereocenters. The number of pyridine rings is 1. The molecule has 11 aromatic rings. The van der Waals surface area contributed by atoms with Gasteiger partial charge in [-0.3, -0.25) is 0 Å². The second kappa shape index (κ2) is 16.7. The summed E-state index contributed by atoms with van der Waals surface area (Å²) in [5, 5.41) is 2.20. The molecule has 0 saturated heterocycles. The van der Waals surface area contributed by atoms with Crippen molar-refractivity contribution in [3.8, 4) is 50.7 Å². The van der Waals surface area contributed by atoms with E-state index < -0.39 is 0 Å². The number of ether oxygens (including phenoxy) is 1. The smallest absolute Gasteiger partial charge is 0.135 e. The van der Waals surface area contributed by atoms with Gasteiger partial charge in [0.1, 0.15) is 5.82 Å². The molecule has 0 unspecified atom stereocenters. The van der Waals surface area contributed by atoms with Gasteiger partial charge in [0, 0.05) is 77.9 Å². The first-order valence-corrected chi connectivity index (χ1v) is 22.7. The van der Waals surface area contributed by atoms with E-state index in [1.807, 2.05) is 24.4 Å². The monoisotopic (exact) mass is 1050 g/mol. The van der Waals surface area contributed by atoms with Crippen LogP contribution in [0.5, 0.6) is 11.5 Å². The average Bonchev–Trinajstić information content (AvgIpc) is 4.03. The molecule has 0 bridgehead atoms. The Kier molecular flexibility index (Phi) is 10.2. The minimum Gasteiger partial charge on any atom is -0.509 e. The summed E-state index contributed by atoms with van der Waals surface area (Å²) in [7, 11) is 0. The van der Waals surface area contributed by atoms with E-state index in [1.165, 1.54) is 27.8 Å². The third-order valence-corrected chi connectivity index (χ3v) is 13.6. The third kappa shape index (κ3) is 6.60. The largest absolute Gasteiger partial charge is 0.509 e. The SMILES string of the molecule is CC1(c2ccnc(-n3c4[c-]c(Oc5[c-]c(N6[CH-]N(c7c(-c8ccccc8)cccc7-c7ccccc7)c7ccccc76)ccc5)ccc4c4ccccc43)c2)c2ccccc2-c2ccccc21.[Pt]. The zero-order chi connectivity index (χ0) is 44.5. The van der Waals surface area contributed by atoms with E-state index in [2.05, 4.69) is 240 Å². The van der Waals surface area contributed by atoms with Gasteiger partial charge in [0.2, 0.25) is 0 Å². The van der Waals surface area contributed by atoms with E-state index in [0.717, 1.165) is 72.6 Å². The molecule has 0 spiro atoms. The third-order valence-electron chi connectivity index (χ3n) is 13.6. The molecule has 0 fully saturated rings. The fourth-order valence-corrected chi connectivity index (χ4v) is 10.5. The van der Waals surface area contributed by atoms with E-state index in [1.54, 1.807) is 0 Å². The number of hydrogen-bond acceptors (Lipinski definition) is 4. The van der Waals surface area contributed by atoms with E-state index in [0.29, 0.717) is 11.5 Å². The van der Waals surface area contributed by atoms with Crippen molar-refractivity contribution in [2.45, 2.75) is 12.3 Å². The molecular formula is C62H41N4OPt-3. The van der Waals surface area contributed by atoms with Crippen LogP contribution in [0.4, 0.5) is 22.7 Å². The van der Waals surface area contributed by atoms with Crippen molar-refractivity contribution in [2.75, 3.05) is 9.80 Å². The van der Waals surface area contributed by atoms with E-state index in [4.69, 9.17) is 9.72 Å². The van der Waals surface area contributed by atoms with Gasteiger partial charge in [-0.05, 0) is 81.6 Å². The Balaban J connectivity index is 0.00000480. The molecule has 5 nitrogen and oxygen atoms in total. The van der Waals surface area contributed by atoms with Crippen molar-refractivity contribution >= 4 is 44.6 Å². The van der Waals surface area contributed by atoms with Crippen LogP contribution >= 0.6 is 0 Å². The normalized spacial score (nSPS) is 13.2. The second-order valence-electron chi connectivity index (χ2n) is 17.3. The first-order chi connectivity index (χ1) is 33.1. The predicted molar refractivity (Wildman–Crippen MR) is 273 cm³/mol. The zero-order valence-corrected chi connectivity index (χ0v) is 39.2. The predicted octanol–water partition coefficient (Wildman–Crippen LogP) is 15.6. The van der Waals surface area contributed by atoms with Gasteiger partial charge in [-0.2, -0.15) is 12.1 Å². The number of benzene rings is 9. The fraction of sp³-hybridized carbons (Fsp3) is 0.0323. The quantitative estimate of drug-likeness (QED) is 0.142. The number of fused-ring (bicyclic) bond motifs is 7. The van der Waals surface area contributed by atoms with Gasteiger partial charge < -0.3 is 19.1 Å². The molecule has 3 heterocycles. The molecule has 1 aliphatic carbocycles. The first-order valence-electron chi connectivity index (χ1n) is 22.7. The van der Waals surface area contributed by atoms with Crippen LogP contribution in [0.25, 0.3) is 61.0 Å². The molecule has 0 N–H and O–H groups in total. The maximum Gasteiger partial charge on any atom is 0.135 e.